The standard InChI is InChI=1S/C29H21BrCl2N2S/c30-21-14-12-18(13-15-21)26-17-35-29-33-27-20(16-19-6-1-3-10-24(19)31)7-5-9-23(27)28(34(26)29)22-8-2-4-11-25(22)32/h1-4,6,8,10-17,28H,5,7,9H2. The molecule has 0 bridgehead atoms. The van der Waals surface area contributed by atoms with Crippen molar-refractivity contribution in [3.05, 3.63) is 126 Å². The van der Waals surface area contributed by atoms with Crippen molar-refractivity contribution in [2.45, 2.75) is 25.3 Å². The minimum atomic E-state index is -0.00829. The minimum Gasteiger partial charge on any atom is -0.308 e. The lowest BCUT2D eigenvalue weighted by Crippen LogP contribution is -2.35. The van der Waals surface area contributed by atoms with Gasteiger partial charge in [0, 0.05) is 19.9 Å². The molecule has 0 N–H and O–H groups in total. The molecule has 1 atom stereocenters. The first-order chi connectivity index (χ1) is 17.1. The summed E-state index contributed by atoms with van der Waals surface area (Å²) < 4.78 is 1.06. The van der Waals surface area contributed by atoms with Gasteiger partial charge in [0.05, 0.1) is 17.4 Å². The van der Waals surface area contributed by atoms with Crippen LogP contribution in [0.2, 0.25) is 10.0 Å². The van der Waals surface area contributed by atoms with Crippen molar-refractivity contribution in [1.82, 2.24) is 4.90 Å². The summed E-state index contributed by atoms with van der Waals surface area (Å²) in [6.07, 6.45) is 5.24. The molecule has 1 aliphatic carbocycles. The number of amidine groups is 1. The van der Waals surface area contributed by atoms with Gasteiger partial charge in [0.15, 0.2) is 5.17 Å². The average molecular weight is 580 g/mol. The van der Waals surface area contributed by atoms with Crippen LogP contribution < -0.4 is 0 Å². The summed E-state index contributed by atoms with van der Waals surface area (Å²) in [5.41, 5.74) is 8.10. The number of benzene rings is 3. The van der Waals surface area contributed by atoms with Gasteiger partial charge < -0.3 is 4.90 Å². The number of hydrogen-bond donors (Lipinski definition) is 0. The summed E-state index contributed by atoms with van der Waals surface area (Å²) in [4.78, 5) is 7.61. The second kappa shape index (κ2) is 9.67. The van der Waals surface area contributed by atoms with Crippen LogP contribution in [0.25, 0.3) is 11.8 Å². The number of fused-ring (bicyclic) bond motifs is 1. The normalized spacial score (nSPS) is 20.5. The first kappa shape index (κ1) is 23.2. The molecule has 0 saturated heterocycles. The molecular weight excluding hydrogens is 559 g/mol. The molecule has 0 aromatic heterocycles. The van der Waals surface area contributed by atoms with E-state index in [1.54, 1.807) is 11.8 Å². The van der Waals surface area contributed by atoms with Crippen LogP contribution in [0.1, 0.15) is 42.0 Å². The van der Waals surface area contributed by atoms with Gasteiger partial charge in [-0.25, -0.2) is 4.99 Å². The highest BCUT2D eigenvalue weighted by Crippen LogP contribution is 2.52. The van der Waals surface area contributed by atoms with Crippen molar-refractivity contribution < 1.29 is 0 Å². The van der Waals surface area contributed by atoms with Crippen LogP contribution in [0.4, 0.5) is 0 Å². The molecule has 2 aliphatic heterocycles. The van der Waals surface area contributed by atoms with Crippen LogP contribution in [0, 0.1) is 0 Å². The maximum atomic E-state index is 6.83. The summed E-state index contributed by atoms with van der Waals surface area (Å²) >= 11 is 18.6. The van der Waals surface area contributed by atoms with Gasteiger partial charge in [-0.1, -0.05) is 99.4 Å². The Labute approximate surface area is 228 Å². The van der Waals surface area contributed by atoms with E-state index >= 15 is 0 Å². The smallest absolute Gasteiger partial charge is 0.174 e. The molecule has 3 aromatic rings. The van der Waals surface area contributed by atoms with Gasteiger partial charge in [0.2, 0.25) is 0 Å². The Bertz CT molecular complexity index is 1440. The first-order valence-corrected chi connectivity index (χ1v) is 14.0. The SMILES string of the molecule is Clc1ccccc1C=C1CCCC2=C1N=C1SC=C(c3ccc(Br)cc3)N1C2c1ccccc1Cl. The number of halogens is 3. The van der Waals surface area contributed by atoms with Crippen LogP contribution in [0.5, 0.6) is 0 Å². The zero-order valence-corrected chi connectivity index (χ0v) is 22.6. The maximum absolute atomic E-state index is 6.83. The second-order valence-corrected chi connectivity index (χ2v) is 11.3. The van der Waals surface area contributed by atoms with Crippen LogP contribution in [0.15, 0.2) is 105 Å². The third kappa shape index (κ3) is 4.31. The van der Waals surface area contributed by atoms with E-state index in [0.717, 1.165) is 67.0 Å². The molecule has 35 heavy (non-hydrogen) atoms. The highest BCUT2D eigenvalue weighted by atomic mass is 79.9. The number of hydrogen-bond acceptors (Lipinski definition) is 3. The molecule has 0 saturated carbocycles. The second-order valence-electron chi connectivity index (χ2n) is 8.73. The quantitative estimate of drug-likeness (QED) is 0.307. The number of thioether (sulfide) groups is 1. The van der Waals surface area contributed by atoms with Gasteiger partial charge in [0.1, 0.15) is 0 Å². The summed E-state index contributed by atoms with van der Waals surface area (Å²) in [5, 5.41) is 4.73. The fraction of sp³-hybridized carbons (Fsp3) is 0.138. The van der Waals surface area contributed by atoms with E-state index in [1.165, 1.54) is 11.1 Å². The molecule has 6 heteroatoms. The van der Waals surface area contributed by atoms with E-state index in [9.17, 15) is 0 Å². The number of rotatable bonds is 3. The van der Waals surface area contributed by atoms with Gasteiger partial charge in [-0.2, -0.15) is 0 Å². The van der Waals surface area contributed by atoms with Crippen molar-refractivity contribution in [2.24, 2.45) is 4.99 Å². The van der Waals surface area contributed by atoms with Crippen molar-refractivity contribution in [1.29, 1.82) is 0 Å². The van der Waals surface area contributed by atoms with Crippen LogP contribution in [-0.2, 0) is 0 Å². The molecule has 0 spiro atoms. The summed E-state index contributed by atoms with van der Waals surface area (Å²) in [6, 6.07) is 24.6. The zero-order valence-electron chi connectivity index (χ0n) is 18.7. The number of nitrogens with zero attached hydrogens (tertiary/aromatic N) is 2. The average Bonchev–Trinajstić information content (AvgIpc) is 3.29. The van der Waals surface area contributed by atoms with Crippen molar-refractivity contribution in [3.63, 3.8) is 0 Å². The van der Waals surface area contributed by atoms with Gasteiger partial charge in [-0.3, -0.25) is 0 Å². The molecule has 2 nitrogen and oxygen atoms in total. The zero-order chi connectivity index (χ0) is 23.9. The van der Waals surface area contributed by atoms with Crippen LogP contribution in [-0.4, -0.2) is 10.1 Å². The van der Waals surface area contributed by atoms with E-state index in [0.29, 0.717) is 0 Å². The highest BCUT2D eigenvalue weighted by Gasteiger charge is 2.40. The molecule has 3 aliphatic rings. The number of aliphatic imine (C=N–C) groups is 1. The number of allylic oxidation sites excluding steroid dienone is 1. The van der Waals surface area contributed by atoms with Crippen molar-refractivity contribution in [2.75, 3.05) is 0 Å². The van der Waals surface area contributed by atoms with E-state index in [-0.39, 0.29) is 6.04 Å². The van der Waals surface area contributed by atoms with E-state index in [2.05, 4.69) is 74.8 Å². The van der Waals surface area contributed by atoms with Gasteiger partial charge >= 0.3 is 0 Å². The fourth-order valence-electron chi connectivity index (χ4n) is 5.00. The monoisotopic (exact) mass is 578 g/mol. The molecule has 0 fully saturated rings. The van der Waals surface area contributed by atoms with E-state index in [1.807, 2.05) is 30.3 Å². The predicted molar refractivity (Wildman–Crippen MR) is 153 cm³/mol. The Kier molecular flexibility index (Phi) is 6.40. The molecule has 3 aromatic carbocycles. The van der Waals surface area contributed by atoms with Gasteiger partial charge in [-0.05, 0) is 77.4 Å². The molecule has 1 unspecified atom stereocenters. The minimum absolute atomic E-state index is 0.00829. The maximum Gasteiger partial charge on any atom is 0.174 e. The largest absolute Gasteiger partial charge is 0.308 e. The Balaban J connectivity index is 1.52. The molecule has 174 valence electrons. The van der Waals surface area contributed by atoms with Gasteiger partial charge in [-0.15, -0.1) is 0 Å². The molecule has 6 rings (SSSR count). The lowest BCUT2D eigenvalue weighted by atomic mass is 9.82. The lowest BCUT2D eigenvalue weighted by Gasteiger charge is -2.40. The highest BCUT2D eigenvalue weighted by molar-refractivity contribution is 9.10. The van der Waals surface area contributed by atoms with Crippen LogP contribution >= 0.6 is 50.9 Å². The summed E-state index contributed by atoms with van der Waals surface area (Å²) in [7, 11) is 0. The molecule has 0 amide bonds. The summed E-state index contributed by atoms with van der Waals surface area (Å²) in [5.74, 6) is 0. The Morgan fingerprint density at radius 1 is 0.914 bits per heavy atom. The van der Waals surface area contributed by atoms with Gasteiger partial charge in [0.25, 0.3) is 0 Å². The first-order valence-electron chi connectivity index (χ1n) is 11.5. The van der Waals surface area contributed by atoms with Crippen LogP contribution in [0.3, 0.4) is 0 Å². The third-order valence-corrected chi connectivity index (χ3v) is 8.67. The molecule has 2 heterocycles. The fourth-order valence-corrected chi connectivity index (χ4v) is 6.62. The Morgan fingerprint density at radius 3 is 2.43 bits per heavy atom. The topological polar surface area (TPSA) is 15.6 Å². The Hall–Kier alpha value is -2.24. The lowest BCUT2D eigenvalue weighted by molar-refractivity contribution is 0.458. The molecule has 0 radical (unpaired) electrons. The molecular formula is C29H21BrCl2N2S. The van der Waals surface area contributed by atoms with Crippen molar-refractivity contribution in [3.8, 4) is 0 Å². The predicted octanol–water partition coefficient (Wildman–Crippen LogP) is 9.74. The summed E-state index contributed by atoms with van der Waals surface area (Å²) in [6.45, 7) is 0. The van der Waals surface area contributed by atoms with Crippen molar-refractivity contribution >= 4 is 67.8 Å². The van der Waals surface area contributed by atoms with E-state index < -0.39 is 0 Å². The Morgan fingerprint density at radius 2 is 1.66 bits per heavy atom. The van der Waals surface area contributed by atoms with E-state index in [4.69, 9.17) is 28.2 Å². The third-order valence-electron chi connectivity index (χ3n) is 6.61.